The molecule has 17 rings (SSSR count). The van der Waals surface area contributed by atoms with E-state index >= 15 is 0 Å². The van der Waals surface area contributed by atoms with Crippen LogP contribution in [0.25, 0.3) is 11.1 Å². The van der Waals surface area contributed by atoms with Crippen LogP contribution in [0.15, 0.2) is 217 Å². The first-order valence-corrected chi connectivity index (χ1v) is 52.8. The summed E-state index contributed by atoms with van der Waals surface area (Å²) in [5, 5.41) is 20.3. The Balaban J connectivity index is 0.000000132. The van der Waals surface area contributed by atoms with E-state index in [2.05, 4.69) is 261 Å². The summed E-state index contributed by atoms with van der Waals surface area (Å²) < 4.78 is 2.42. The number of aliphatic imine (C=N–C) groups is 1. The Morgan fingerprint density at radius 3 is 1.12 bits per heavy atom. The summed E-state index contributed by atoms with van der Waals surface area (Å²) in [6.07, 6.45) is 29.6. The molecule has 3 saturated carbocycles. The topological polar surface area (TPSA) is 88.7 Å². The van der Waals surface area contributed by atoms with Gasteiger partial charge in [0.25, 0.3) is 5.69 Å². The summed E-state index contributed by atoms with van der Waals surface area (Å²) in [6, 6.07) is 67.2. The SMILES string of the molecule is C1CCC([PH+](C2CCCCC2)C2CCCCC2)CC1.Cc1cc(C)c(N2[CH-]N(c3c(C)cc(C)cc3C)CC2)c(C)c1.Cc1cc(C)c(N2[CH-]N(c3c(C)cc(C)cc3C)CC2)c(C)c1.Cc1ccc(N=Cc2cc([N+](=O)[O-])ccc2O)cc1.[Cl][Ru]([Cl])=[C]1C=C(c2ccccc2)c2ccccc21.[Cl][Ru]=[C]1C=C(c2ccccc2)c2ccccc21. The van der Waals surface area contributed by atoms with Gasteiger partial charge in [-0.3, -0.25) is 15.1 Å². The first kappa shape index (κ1) is 90.3. The maximum atomic E-state index is 10.7. The number of halogens is 3. The van der Waals surface area contributed by atoms with Gasteiger partial charge in [0.2, 0.25) is 0 Å². The Morgan fingerprint density at radius 1 is 0.429 bits per heavy atom. The molecule has 119 heavy (non-hydrogen) atoms. The van der Waals surface area contributed by atoms with E-state index in [4.69, 9.17) is 29.1 Å². The Morgan fingerprint density at radius 2 is 0.765 bits per heavy atom. The summed E-state index contributed by atoms with van der Waals surface area (Å²) in [6.45, 7) is 37.1. The third-order valence-electron chi connectivity index (χ3n) is 24.1. The van der Waals surface area contributed by atoms with Crippen molar-refractivity contribution < 1.29 is 39.2 Å². The van der Waals surface area contributed by atoms with Gasteiger partial charge in [0.1, 0.15) is 5.75 Å². The van der Waals surface area contributed by atoms with E-state index in [9.17, 15) is 15.2 Å². The number of benzene rings is 10. The molecular weight excluding hydrogens is 1720 g/mol. The monoisotopic (exact) mass is 1840 g/mol. The molecule has 0 spiro atoms. The van der Waals surface area contributed by atoms with Gasteiger partial charge >= 0.3 is 232 Å². The number of allylic oxidation sites excluding steroid dienone is 2. The molecule has 0 unspecified atom stereocenters. The summed E-state index contributed by atoms with van der Waals surface area (Å²) in [5.74, 6) is -0.0403. The van der Waals surface area contributed by atoms with Crippen LogP contribution in [0.4, 0.5) is 34.1 Å². The molecule has 0 atom stereocenters. The molecule has 2 saturated heterocycles. The molecule has 0 radical (unpaired) electrons. The van der Waals surface area contributed by atoms with E-state index in [1.54, 1.807) is 96.3 Å². The predicted octanol–water partition coefficient (Wildman–Crippen LogP) is 28.0. The first-order valence-electron chi connectivity index (χ1n) is 42.7. The number of nitro groups is 1. The molecule has 9 nitrogen and oxygen atoms in total. The second-order valence-electron chi connectivity index (χ2n) is 33.5. The molecule has 627 valence electrons. The number of phenols is 1. The molecule has 2 heterocycles. The van der Waals surface area contributed by atoms with Gasteiger partial charge < -0.3 is 24.7 Å². The Kier molecular flexibility index (Phi) is 32.8. The van der Waals surface area contributed by atoms with Crippen molar-refractivity contribution in [1.82, 2.24) is 0 Å². The number of phenolic OH excluding ortho intramolecular Hbond substituents is 1. The Hall–Kier alpha value is -7.96. The van der Waals surface area contributed by atoms with Crippen LogP contribution in [-0.4, -0.2) is 67.6 Å². The molecule has 5 aliphatic carbocycles. The molecule has 1 N–H and O–H groups in total. The minimum atomic E-state index is -1.88. The molecule has 15 heteroatoms. The van der Waals surface area contributed by atoms with Crippen molar-refractivity contribution in [2.45, 2.75) is 203 Å². The van der Waals surface area contributed by atoms with Gasteiger partial charge in [-0.15, -0.1) is 0 Å². The Labute approximate surface area is 736 Å². The van der Waals surface area contributed by atoms with Gasteiger partial charge in [0.15, 0.2) is 0 Å². The molecule has 10 aromatic carbocycles. The van der Waals surface area contributed by atoms with Gasteiger partial charge in [0.05, 0.1) is 27.6 Å². The van der Waals surface area contributed by atoms with E-state index in [0.717, 1.165) is 41.5 Å². The van der Waals surface area contributed by atoms with Crippen LogP contribution in [-0.2, 0) is 29.2 Å². The number of rotatable bonds is 12. The minimum absolute atomic E-state index is 0.0403. The summed E-state index contributed by atoms with van der Waals surface area (Å²) in [7, 11) is 18.4. The van der Waals surface area contributed by atoms with Crippen molar-refractivity contribution in [2.24, 2.45) is 4.99 Å². The quantitative estimate of drug-likeness (QED) is 0.0326. The van der Waals surface area contributed by atoms with Crippen molar-refractivity contribution in [1.29, 1.82) is 0 Å². The van der Waals surface area contributed by atoms with Crippen molar-refractivity contribution in [3.63, 3.8) is 0 Å². The van der Waals surface area contributed by atoms with Crippen molar-refractivity contribution in [2.75, 3.05) is 45.8 Å². The fourth-order valence-corrected chi connectivity index (χ4v) is 28.6. The second kappa shape index (κ2) is 43.2. The number of hydrogen-bond donors (Lipinski definition) is 1. The number of fused-ring (bicyclic) bond motifs is 2. The summed E-state index contributed by atoms with van der Waals surface area (Å²) in [5.41, 5.74) is 37.5. The van der Waals surface area contributed by atoms with Gasteiger partial charge in [0, 0.05) is 80.8 Å². The first-order chi connectivity index (χ1) is 57.4. The molecule has 5 fully saturated rings. The number of nitrogens with zero attached hydrogens (tertiary/aromatic N) is 6. The number of hydrogen-bond acceptors (Lipinski definition) is 8. The number of non-ortho nitro benzene ring substituents is 1. The third kappa shape index (κ3) is 23.4. The number of aryl methyl sites for hydroxylation is 13. The van der Waals surface area contributed by atoms with Crippen LogP contribution in [0.2, 0.25) is 0 Å². The van der Waals surface area contributed by atoms with Gasteiger partial charge in [-0.2, -0.15) is 13.3 Å². The average Bonchev–Trinajstić information content (AvgIpc) is 1.78. The number of nitro benzene ring substituents is 1. The van der Waals surface area contributed by atoms with Crippen LogP contribution in [0.3, 0.4) is 0 Å². The zero-order chi connectivity index (χ0) is 84.4. The molecule has 0 aromatic heterocycles. The van der Waals surface area contributed by atoms with E-state index in [0.29, 0.717) is 5.56 Å². The maximum absolute atomic E-state index is 10.7. The van der Waals surface area contributed by atoms with Crippen LogP contribution < -0.4 is 19.6 Å². The van der Waals surface area contributed by atoms with E-state index in [1.807, 2.05) is 61.5 Å². The van der Waals surface area contributed by atoms with Gasteiger partial charge in [-0.1, -0.05) is 108 Å². The van der Waals surface area contributed by atoms with Crippen LogP contribution >= 0.6 is 37.0 Å². The van der Waals surface area contributed by atoms with Crippen LogP contribution in [0.5, 0.6) is 5.75 Å². The van der Waals surface area contributed by atoms with Crippen molar-refractivity contribution in [3.05, 3.63) is 347 Å². The third-order valence-corrected chi connectivity index (χ3v) is 33.7. The molecular formula is C104H120Cl3N6O3PRu2-. The Bertz CT molecular complexity index is 4940. The van der Waals surface area contributed by atoms with Gasteiger partial charge in [-0.05, 0) is 230 Å². The summed E-state index contributed by atoms with van der Waals surface area (Å²) >= 11 is -2.10. The average molecular weight is 1840 g/mol. The molecule has 0 amide bonds. The van der Waals surface area contributed by atoms with E-state index in [1.165, 1.54) is 180 Å². The van der Waals surface area contributed by atoms with E-state index < -0.39 is 18.4 Å². The second-order valence-corrected chi connectivity index (χ2v) is 44.8. The van der Waals surface area contributed by atoms with Crippen molar-refractivity contribution in [3.8, 4) is 5.75 Å². The van der Waals surface area contributed by atoms with E-state index in [-0.39, 0.29) is 35.0 Å². The summed E-state index contributed by atoms with van der Waals surface area (Å²) in [4.78, 5) is 23.9. The molecule has 2 aliphatic heterocycles. The number of aromatic hydroxyl groups is 1. The normalized spacial score (nSPS) is 16.5. The zero-order valence-corrected chi connectivity index (χ0v) is 78.6. The fourth-order valence-electron chi connectivity index (χ4n) is 19.3. The van der Waals surface area contributed by atoms with Crippen LogP contribution in [0, 0.1) is 113 Å². The molecule has 0 bridgehead atoms. The van der Waals surface area contributed by atoms with Crippen LogP contribution in [0.1, 0.15) is 208 Å². The van der Waals surface area contributed by atoms with Crippen molar-refractivity contribution >= 4 is 96.7 Å². The van der Waals surface area contributed by atoms with Gasteiger partial charge in [-0.25, -0.2) is 0 Å². The number of anilines is 4. The molecule has 10 aromatic rings. The fraction of sp³-hybridized carbons (Fsp3) is 0.337. The zero-order valence-electron chi connectivity index (χ0n) is 71.9. The molecule has 7 aliphatic rings. The predicted molar refractivity (Wildman–Crippen MR) is 508 cm³/mol. The standard InChI is InChI=1S/2C21H27N2.C18H33P.2C15H10.C14H12N2O3.3ClH.2Ru/c2*1-14-9-16(3)20(17(4)10-14)22-7-8-23(13-22)21-18(5)11-15(2)12-19(21)6;1-4-10-16(11-5-1)19(17-12-6-2-7-13-17)18-14-8-3-9-15-18;2*1-2-6-12(7-3-1)15-11-10-13-8-4-5-9-14(13)15;1-10-2-4-12(5-3-10)15-9-11-8-13(16(18)19)6-7-14(11)17;;;;;/h2*9-13H,7-8H2,1-6H3;16-18H,1-15H2;2*1-9,11H;2-9,17H,1H3;3*1H;;/q2*-1;;;;;;;;+1;+2/p-2.